The minimum absolute atomic E-state index is 0.0793. The number of rotatable bonds is 2. The molecule has 0 unspecified atom stereocenters. The number of nitrogens with one attached hydrogen (secondary N) is 1. The lowest BCUT2D eigenvalue weighted by Crippen LogP contribution is -2.15. The number of fused-ring (bicyclic) bond motifs is 1. The maximum Gasteiger partial charge on any atom is 0.419 e. The number of nitrogens with two attached hydrogens (primary N) is 1. The molecular formula is C16H11F4N3OS. The highest BCUT2D eigenvalue weighted by molar-refractivity contribution is 7.18. The van der Waals surface area contributed by atoms with E-state index in [-0.39, 0.29) is 16.9 Å². The number of carbonyl (C=O) groups excluding carboxylic acids is 1. The van der Waals surface area contributed by atoms with Crippen molar-refractivity contribution in [3.63, 3.8) is 0 Å². The van der Waals surface area contributed by atoms with E-state index < -0.39 is 23.5 Å². The van der Waals surface area contributed by atoms with Crippen LogP contribution in [0.4, 0.5) is 28.9 Å². The molecule has 4 nitrogen and oxygen atoms in total. The van der Waals surface area contributed by atoms with Gasteiger partial charge in [0.1, 0.15) is 5.82 Å². The van der Waals surface area contributed by atoms with Crippen LogP contribution in [0.5, 0.6) is 0 Å². The number of halogens is 4. The highest BCUT2D eigenvalue weighted by atomic mass is 32.1. The molecule has 1 heterocycles. The lowest BCUT2D eigenvalue weighted by atomic mass is 10.1. The molecule has 0 aliphatic carbocycles. The molecule has 3 aromatic rings. The number of aromatic nitrogens is 1. The Morgan fingerprint density at radius 2 is 1.96 bits per heavy atom. The zero-order chi connectivity index (χ0) is 18.4. The smallest absolute Gasteiger partial charge is 0.398 e. The van der Waals surface area contributed by atoms with Gasteiger partial charge in [-0.1, -0.05) is 0 Å². The van der Waals surface area contributed by atoms with Crippen molar-refractivity contribution >= 4 is 38.8 Å². The van der Waals surface area contributed by atoms with Crippen LogP contribution in [0.15, 0.2) is 30.3 Å². The fourth-order valence-electron chi connectivity index (χ4n) is 2.32. The summed E-state index contributed by atoms with van der Waals surface area (Å²) in [6.45, 7) is 1.80. The van der Waals surface area contributed by atoms with Gasteiger partial charge in [-0.25, -0.2) is 9.37 Å². The number of benzene rings is 2. The Balaban J connectivity index is 1.94. The van der Waals surface area contributed by atoms with E-state index in [1.54, 1.807) is 13.0 Å². The summed E-state index contributed by atoms with van der Waals surface area (Å²) < 4.78 is 52.4. The van der Waals surface area contributed by atoms with Gasteiger partial charge in [-0.05, 0) is 37.3 Å². The largest absolute Gasteiger partial charge is 0.419 e. The summed E-state index contributed by atoms with van der Waals surface area (Å²) in [4.78, 5) is 16.6. The average Bonchev–Trinajstić information content (AvgIpc) is 2.86. The zero-order valence-electron chi connectivity index (χ0n) is 12.7. The van der Waals surface area contributed by atoms with E-state index >= 15 is 0 Å². The van der Waals surface area contributed by atoms with Gasteiger partial charge in [0.2, 0.25) is 0 Å². The standard InChI is InChI=1S/C16H11F4N3OS/c1-7-22-13-5-9(12(21)6-14(13)25-7)15(24)23-8-2-3-11(17)10(4-8)16(18,19)20/h2-6H,21H2,1H3,(H,23,24). The van der Waals surface area contributed by atoms with E-state index in [0.29, 0.717) is 17.6 Å². The highest BCUT2D eigenvalue weighted by Crippen LogP contribution is 2.33. The molecular weight excluding hydrogens is 358 g/mol. The van der Waals surface area contributed by atoms with Crippen LogP contribution in [0.1, 0.15) is 20.9 Å². The first-order valence-corrected chi connectivity index (χ1v) is 7.81. The third kappa shape index (κ3) is 3.41. The van der Waals surface area contributed by atoms with Crippen LogP contribution in [-0.4, -0.2) is 10.9 Å². The Kier molecular flexibility index (Phi) is 4.11. The number of hydrogen-bond acceptors (Lipinski definition) is 4. The van der Waals surface area contributed by atoms with Gasteiger partial charge in [0.15, 0.2) is 0 Å². The Hall–Kier alpha value is -2.68. The second kappa shape index (κ2) is 5.99. The van der Waals surface area contributed by atoms with E-state index in [1.165, 1.54) is 17.4 Å². The lowest BCUT2D eigenvalue weighted by molar-refractivity contribution is -0.139. The third-order valence-electron chi connectivity index (χ3n) is 3.44. The molecule has 3 rings (SSSR count). The maximum absolute atomic E-state index is 13.3. The Labute approximate surface area is 143 Å². The van der Waals surface area contributed by atoms with Gasteiger partial charge in [0.05, 0.1) is 26.4 Å². The molecule has 1 aromatic heterocycles. The molecule has 0 fully saturated rings. The molecule has 0 radical (unpaired) electrons. The molecule has 0 bridgehead atoms. The highest BCUT2D eigenvalue weighted by Gasteiger charge is 2.34. The van der Waals surface area contributed by atoms with Crippen LogP contribution in [0.25, 0.3) is 10.2 Å². The second-order valence-corrected chi connectivity index (χ2v) is 6.52. The van der Waals surface area contributed by atoms with Crippen molar-refractivity contribution in [2.75, 3.05) is 11.1 Å². The third-order valence-corrected chi connectivity index (χ3v) is 4.37. The molecule has 130 valence electrons. The van der Waals surface area contributed by atoms with Gasteiger partial charge in [0, 0.05) is 11.4 Å². The number of hydrogen-bond donors (Lipinski definition) is 2. The zero-order valence-corrected chi connectivity index (χ0v) is 13.6. The molecule has 2 aromatic carbocycles. The predicted molar refractivity (Wildman–Crippen MR) is 88.1 cm³/mol. The number of anilines is 2. The summed E-state index contributed by atoms with van der Waals surface area (Å²) in [5.74, 6) is -2.12. The summed E-state index contributed by atoms with van der Waals surface area (Å²) in [7, 11) is 0. The molecule has 25 heavy (non-hydrogen) atoms. The second-order valence-electron chi connectivity index (χ2n) is 5.29. The summed E-state index contributed by atoms with van der Waals surface area (Å²) in [5, 5.41) is 3.09. The summed E-state index contributed by atoms with van der Waals surface area (Å²) in [6.07, 6.45) is -4.86. The van der Waals surface area contributed by atoms with Crippen LogP contribution < -0.4 is 11.1 Å². The number of amides is 1. The molecule has 0 spiro atoms. The first-order valence-electron chi connectivity index (χ1n) is 7.00. The van der Waals surface area contributed by atoms with Crippen LogP contribution in [0, 0.1) is 12.7 Å². The Morgan fingerprint density at radius 3 is 2.64 bits per heavy atom. The van der Waals surface area contributed by atoms with Crippen molar-refractivity contribution in [3.05, 3.63) is 52.3 Å². The first kappa shape index (κ1) is 17.2. The first-order chi connectivity index (χ1) is 11.6. The van der Waals surface area contributed by atoms with Gasteiger partial charge < -0.3 is 11.1 Å². The Morgan fingerprint density at radius 1 is 1.24 bits per heavy atom. The monoisotopic (exact) mass is 369 g/mol. The van der Waals surface area contributed by atoms with E-state index in [4.69, 9.17) is 5.73 Å². The van der Waals surface area contributed by atoms with Crippen molar-refractivity contribution in [2.45, 2.75) is 13.1 Å². The summed E-state index contributed by atoms with van der Waals surface area (Å²) >= 11 is 1.41. The number of alkyl halides is 3. The quantitative estimate of drug-likeness (QED) is 0.513. The van der Waals surface area contributed by atoms with Crippen molar-refractivity contribution < 1.29 is 22.4 Å². The van der Waals surface area contributed by atoms with Gasteiger partial charge in [-0.3, -0.25) is 4.79 Å². The summed E-state index contributed by atoms with van der Waals surface area (Å²) in [5.41, 5.74) is 5.03. The molecule has 0 aliphatic heterocycles. The number of nitrogens with zero attached hydrogens (tertiary/aromatic N) is 1. The van der Waals surface area contributed by atoms with E-state index in [1.807, 2.05) is 0 Å². The molecule has 0 saturated heterocycles. The molecule has 1 amide bonds. The molecule has 9 heteroatoms. The molecule has 0 aliphatic rings. The Bertz CT molecular complexity index is 981. The number of aryl methyl sites for hydroxylation is 1. The van der Waals surface area contributed by atoms with Gasteiger partial charge >= 0.3 is 6.18 Å². The van der Waals surface area contributed by atoms with Gasteiger partial charge in [-0.2, -0.15) is 13.2 Å². The molecule has 0 atom stereocenters. The molecule has 3 N–H and O–H groups in total. The van der Waals surface area contributed by atoms with Crippen LogP contribution in [0.3, 0.4) is 0 Å². The lowest BCUT2D eigenvalue weighted by Gasteiger charge is -2.12. The van der Waals surface area contributed by atoms with Crippen molar-refractivity contribution in [3.8, 4) is 0 Å². The topological polar surface area (TPSA) is 68.0 Å². The van der Waals surface area contributed by atoms with Crippen LogP contribution in [0.2, 0.25) is 0 Å². The van der Waals surface area contributed by atoms with Gasteiger partial charge in [0.25, 0.3) is 5.91 Å². The number of thiazole rings is 1. The fourth-order valence-corrected chi connectivity index (χ4v) is 3.18. The van der Waals surface area contributed by atoms with E-state index in [2.05, 4.69) is 10.3 Å². The van der Waals surface area contributed by atoms with Crippen LogP contribution in [-0.2, 0) is 6.18 Å². The summed E-state index contributed by atoms with van der Waals surface area (Å²) in [6, 6.07) is 5.28. The van der Waals surface area contributed by atoms with E-state index in [9.17, 15) is 22.4 Å². The average molecular weight is 369 g/mol. The van der Waals surface area contributed by atoms with Gasteiger partial charge in [-0.15, -0.1) is 11.3 Å². The number of nitrogen functional groups attached to an aromatic ring is 1. The van der Waals surface area contributed by atoms with E-state index in [0.717, 1.165) is 15.8 Å². The fraction of sp³-hybridized carbons (Fsp3) is 0.125. The minimum Gasteiger partial charge on any atom is -0.398 e. The molecule has 0 saturated carbocycles. The van der Waals surface area contributed by atoms with Crippen LogP contribution >= 0.6 is 11.3 Å². The van der Waals surface area contributed by atoms with Crippen molar-refractivity contribution in [1.82, 2.24) is 4.98 Å². The maximum atomic E-state index is 13.3. The minimum atomic E-state index is -4.86. The predicted octanol–water partition coefficient (Wildman–Crippen LogP) is 4.60. The number of carbonyl (C=O) groups is 1. The van der Waals surface area contributed by atoms with Crippen molar-refractivity contribution in [1.29, 1.82) is 0 Å². The normalized spacial score (nSPS) is 11.7. The van der Waals surface area contributed by atoms with Crippen molar-refractivity contribution in [2.24, 2.45) is 0 Å². The SMILES string of the molecule is Cc1nc2cc(C(=O)Nc3ccc(F)c(C(F)(F)F)c3)c(N)cc2s1.